The lowest BCUT2D eigenvalue weighted by Crippen LogP contribution is -1.92. The topological polar surface area (TPSA) is 9.23 Å². The Morgan fingerprint density at radius 3 is 2.71 bits per heavy atom. The van der Waals surface area contributed by atoms with Gasteiger partial charge in [0.2, 0.25) is 0 Å². The van der Waals surface area contributed by atoms with E-state index >= 15 is 0 Å². The van der Waals surface area contributed by atoms with Crippen LogP contribution in [0.2, 0.25) is 5.02 Å². The normalized spacial score (nSPS) is 10.2. The lowest BCUT2D eigenvalue weighted by atomic mass is 10.1. The Bertz CT molecular complexity index is 287. The first-order valence-corrected chi connectivity index (χ1v) is 5.57. The molecule has 0 radical (unpaired) electrons. The Morgan fingerprint density at radius 1 is 1.29 bits per heavy atom. The number of unbranched alkanes of at least 4 members (excludes halogenated alkanes) is 1. The fourth-order valence-corrected chi connectivity index (χ4v) is 1.74. The molecule has 0 spiro atoms. The number of benzene rings is 1. The van der Waals surface area contributed by atoms with E-state index in [2.05, 4.69) is 0 Å². The van der Waals surface area contributed by atoms with Gasteiger partial charge in [0.25, 0.3) is 0 Å². The molecular weight excluding hydrogens is 219 g/mol. The summed E-state index contributed by atoms with van der Waals surface area (Å²) in [4.78, 5) is 0. The third-order valence-corrected chi connectivity index (χ3v) is 2.57. The van der Waals surface area contributed by atoms with Gasteiger partial charge in [0.15, 0.2) is 0 Å². The van der Waals surface area contributed by atoms with Crippen LogP contribution in [0.3, 0.4) is 0 Å². The van der Waals surface area contributed by atoms with Gasteiger partial charge in [0.1, 0.15) is 5.75 Å². The summed E-state index contributed by atoms with van der Waals surface area (Å²) in [5.74, 6) is 1.62. The van der Waals surface area contributed by atoms with Gasteiger partial charge in [-0.1, -0.05) is 11.6 Å². The van der Waals surface area contributed by atoms with Crippen LogP contribution in [-0.4, -0.2) is 13.0 Å². The van der Waals surface area contributed by atoms with E-state index in [4.69, 9.17) is 27.9 Å². The fourth-order valence-electron chi connectivity index (χ4n) is 1.35. The van der Waals surface area contributed by atoms with Gasteiger partial charge in [0.05, 0.1) is 7.11 Å². The first-order chi connectivity index (χ1) is 6.77. The molecule has 1 rings (SSSR count). The smallest absolute Gasteiger partial charge is 0.122 e. The molecule has 1 nitrogen and oxygen atoms in total. The van der Waals surface area contributed by atoms with Crippen molar-refractivity contribution in [1.82, 2.24) is 0 Å². The second kappa shape index (κ2) is 6.15. The standard InChI is InChI=1S/C11H14Cl2O/c1-14-11-6-5-10(13)8-9(11)4-2-3-7-12/h5-6,8H,2-4,7H2,1H3. The Hall–Kier alpha value is -0.400. The zero-order chi connectivity index (χ0) is 10.4. The van der Waals surface area contributed by atoms with Gasteiger partial charge in [-0.25, -0.2) is 0 Å². The van der Waals surface area contributed by atoms with Crippen molar-refractivity contribution in [2.24, 2.45) is 0 Å². The highest BCUT2D eigenvalue weighted by molar-refractivity contribution is 6.30. The van der Waals surface area contributed by atoms with Crippen LogP contribution in [0, 0.1) is 0 Å². The van der Waals surface area contributed by atoms with Crippen molar-refractivity contribution in [3.63, 3.8) is 0 Å². The number of rotatable bonds is 5. The maximum atomic E-state index is 5.90. The summed E-state index contributed by atoms with van der Waals surface area (Å²) in [5, 5.41) is 0.756. The molecule has 0 N–H and O–H groups in total. The minimum atomic E-state index is 0.711. The van der Waals surface area contributed by atoms with E-state index in [-0.39, 0.29) is 0 Å². The Morgan fingerprint density at radius 2 is 2.07 bits per heavy atom. The van der Waals surface area contributed by atoms with E-state index in [0.29, 0.717) is 5.88 Å². The monoisotopic (exact) mass is 232 g/mol. The summed E-state index contributed by atoms with van der Waals surface area (Å²) >= 11 is 11.5. The van der Waals surface area contributed by atoms with Gasteiger partial charge in [0, 0.05) is 10.9 Å². The van der Waals surface area contributed by atoms with Crippen molar-refractivity contribution in [2.45, 2.75) is 19.3 Å². The van der Waals surface area contributed by atoms with E-state index in [1.807, 2.05) is 18.2 Å². The zero-order valence-corrected chi connectivity index (χ0v) is 9.74. The summed E-state index contributed by atoms with van der Waals surface area (Å²) in [6.45, 7) is 0. The van der Waals surface area contributed by atoms with Crippen LogP contribution in [0.15, 0.2) is 18.2 Å². The second-order valence-electron chi connectivity index (χ2n) is 3.10. The van der Waals surface area contributed by atoms with Crippen molar-refractivity contribution in [3.8, 4) is 5.75 Å². The van der Waals surface area contributed by atoms with E-state index < -0.39 is 0 Å². The number of alkyl halides is 1. The molecular formula is C11H14Cl2O. The van der Waals surface area contributed by atoms with Gasteiger partial charge >= 0.3 is 0 Å². The van der Waals surface area contributed by atoms with Crippen molar-refractivity contribution < 1.29 is 4.74 Å². The molecule has 14 heavy (non-hydrogen) atoms. The van der Waals surface area contributed by atoms with Gasteiger partial charge in [-0.3, -0.25) is 0 Å². The Kier molecular flexibility index (Phi) is 5.13. The summed E-state index contributed by atoms with van der Waals surface area (Å²) in [6, 6.07) is 5.69. The Balaban J connectivity index is 2.67. The fraction of sp³-hybridized carbons (Fsp3) is 0.455. The molecule has 0 saturated carbocycles. The molecule has 0 aliphatic heterocycles. The summed E-state index contributed by atoms with van der Waals surface area (Å²) in [6.07, 6.45) is 3.06. The van der Waals surface area contributed by atoms with Gasteiger partial charge in [-0.15, -0.1) is 11.6 Å². The molecule has 0 heterocycles. The molecule has 0 aliphatic carbocycles. The maximum Gasteiger partial charge on any atom is 0.122 e. The van der Waals surface area contributed by atoms with E-state index in [1.54, 1.807) is 7.11 Å². The predicted octanol–water partition coefficient (Wildman–Crippen LogP) is 3.91. The van der Waals surface area contributed by atoms with Crippen LogP contribution in [0.1, 0.15) is 18.4 Å². The lowest BCUT2D eigenvalue weighted by molar-refractivity contribution is 0.409. The highest BCUT2D eigenvalue weighted by Crippen LogP contribution is 2.24. The van der Waals surface area contributed by atoms with Crippen LogP contribution < -0.4 is 4.74 Å². The first kappa shape index (κ1) is 11.7. The molecule has 0 amide bonds. The zero-order valence-electron chi connectivity index (χ0n) is 8.22. The number of ether oxygens (including phenoxy) is 1. The van der Waals surface area contributed by atoms with Crippen LogP contribution in [0.25, 0.3) is 0 Å². The van der Waals surface area contributed by atoms with Crippen LogP contribution in [0.4, 0.5) is 0 Å². The average molecular weight is 233 g/mol. The molecule has 0 unspecified atom stereocenters. The van der Waals surface area contributed by atoms with Crippen molar-refractivity contribution >= 4 is 23.2 Å². The third-order valence-electron chi connectivity index (χ3n) is 2.07. The van der Waals surface area contributed by atoms with Crippen LogP contribution in [-0.2, 0) is 6.42 Å². The molecule has 78 valence electrons. The van der Waals surface area contributed by atoms with E-state index in [0.717, 1.165) is 35.6 Å². The van der Waals surface area contributed by atoms with Gasteiger partial charge in [-0.2, -0.15) is 0 Å². The highest BCUT2D eigenvalue weighted by Gasteiger charge is 2.03. The maximum absolute atomic E-state index is 5.90. The Labute approximate surface area is 95.0 Å². The summed E-state index contributed by atoms with van der Waals surface area (Å²) < 4.78 is 5.24. The minimum absolute atomic E-state index is 0.711. The first-order valence-electron chi connectivity index (χ1n) is 4.66. The van der Waals surface area contributed by atoms with Gasteiger partial charge in [-0.05, 0) is 43.0 Å². The number of methoxy groups -OCH3 is 1. The van der Waals surface area contributed by atoms with Crippen molar-refractivity contribution in [2.75, 3.05) is 13.0 Å². The molecule has 0 fully saturated rings. The summed E-state index contributed by atoms with van der Waals surface area (Å²) in [7, 11) is 1.67. The summed E-state index contributed by atoms with van der Waals surface area (Å²) in [5.41, 5.74) is 1.16. The predicted molar refractivity (Wildman–Crippen MR) is 61.7 cm³/mol. The van der Waals surface area contributed by atoms with E-state index in [1.165, 1.54) is 0 Å². The molecule has 0 aromatic heterocycles. The quantitative estimate of drug-likeness (QED) is 0.553. The highest BCUT2D eigenvalue weighted by atomic mass is 35.5. The number of hydrogen-bond donors (Lipinski definition) is 0. The molecule has 0 aliphatic rings. The molecule has 0 atom stereocenters. The molecule has 0 saturated heterocycles. The third kappa shape index (κ3) is 3.39. The van der Waals surface area contributed by atoms with E-state index in [9.17, 15) is 0 Å². The second-order valence-corrected chi connectivity index (χ2v) is 3.92. The van der Waals surface area contributed by atoms with Crippen molar-refractivity contribution in [1.29, 1.82) is 0 Å². The SMILES string of the molecule is COc1ccc(Cl)cc1CCCCCl. The molecule has 3 heteroatoms. The van der Waals surface area contributed by atoms with Crippen LogP contribution >= 0.6 is 23.2 Å². The minimum Gasteiger partial charge on any atom is -0.496 e. The largest absolute Gasteiger partial charge is 0.496 e. The average Bonchev–Trinajstić information content (AvgIpc) is 2.19. The van der Waals surface area contributed by atoms with Crippen LogP contribution in [0.5, 0.6) is 5.75 Å². The molecule has 0 bridgehead atoms. The number of aryl methyl sites for hydroxylation is 1. The number of halogens is 2. The van der Waals surface area contributed by atoms with Crippen molar-refractivity contribution in [3.05, 3.63) is 28.8 Å². The molecule has 1 aromatic carbocycles. The lowest BCUT2D eigenvalue weighted by Gasteiger charge is -2.08. The van der Waals surface area contributed by atoms with Gasteiger partial charge < -0.3 is 4.74 Å². The molecule has 1 aromatic rings. The number of hydrogen-bond acceptors (Lipinski definition) is 1.